The van der Waals surface area contributed by atoms with Crippen molar-refractivity contribution in [2.75, 3.05) is 25.0 Å². The van der Waals surface area contributed by atoms with Crippen LogP contribution in [0.1, 0.15) is 33.9 Å². The Bertz CT molecular complexity index is 1160. The summed E-state index contributed by atoms with van der Waals surface area (Å²) in [5.41, 5.74) is 1.15. The van der Waals surface area contributed by atoms with Crippen LogP contribution in [0.25, 0.3) is 0 Å². The van der Waals surface area contributed by atoms with Crippen LogP contribution in [0.5, 0.6) is 5.75 Å². The zero-order valence-electron chi connectivity index (χ0n) is 18.6. The highest BCUT2D eigenvalue weighted by molar-refractivity contribution is 6.30. The second kappa shape index (κ2) is 11.5. The first-order valence-corrected chi connectivity index (χ1v) is 10.9. The number of hydrogen-bond acceptors (Lipinski definition) is 8. The van der Waals surface area contributed by atoms with Gasteiger partial charge in [0.2, 0.25) is 5.91 Å². The van der Waals surface area contributed by atoms with Gasteiger partial charge in [-0.2, -0.15) is 0 Å². The fourth-order valence-electron chi connectivity index (χ4n) is 3.32. The molecule has 11 nitrogen and oxygen atoms in total. The van der Waals surface area contributed by atoms with Gasteiger partial charge in [0, 0.05) is 16.8 Å². The number of carboxylic acid groups (broad SMARTS) is 1. The maximum Gasteiger partial charge on any atom is 0.305 e. The molecule has 1 aromatic heterocycles. The number of aliphatic carboxylic acids is 1. The Hall–Kier alpha value is -3.93. The molecule has 35 heavy (non-hydrogen) atoms. The zero-order valence-corrected chi connectivity index (χ0v) is 19.4. The zero-order chi connectivity index (χ0) is 25.5. The molecule has 2 heterocycles. The van der Waals surface area contributed by atoms with Crippen molar-refractivity contribution in [3.63, 3.8) is 0 Å². The van der Waals surface area contributed by atoms with Crippen molar-refractivity contribution in [2.24, 2.45) is 4.99 Å². The molecule has 2 aromatic rings. The minimum Gasteiger partial charge on any atom is -0.507 e. The Morgan fingerprint density at radius 1 is 1.29 bits per heavy atom. The predicted octanol–water partition coefficient (Wildman–Crippen LogP) is 1.52. The van der Waals surface area contributed by atoms with Gasteiger partial charge >= 0.3 is 5.97 Å². The molecule has 2 atom stereocenters. The van der Waals surface area contributed by atoms with Crippen LogP contribution in [0.2, 0.25) is 5.02 Å². The first kappa shape index (κ1) is 25.7. The number of rotatable bonds is 8. The van der Waals surface area contributed by atoms with Gasteiger partial charge in [0.05, 0.1) is 49.5 Å². The number of carbonyl (C=O) groups excluding carboxylic acids is 2. The maximum atomic E-state index is 13.2. The lowest BCUT2D eigenvalue weighted by Crippen LogP contribution is -2.41. The van der Waals surface area contributed by atoms with Crippen LogP contribution in [0.15, 0.2) is 35.6 Å². The fourth-order valence-corrected chi connectivity index (χ4v) is 3.60. The van der Waals surface area contributed by atoms with E-state index in [1.807, 2.05) is 0 Å². The summed E-state index contributed by atoms with van der Waals surface area (Å²) in [7, 11) is 0. The molecule has 0 saturated heterocycles. The van der Waals surface area contributed by atoms with Gasteiger partial charge in [-0.3, -0.25) is 19.4 Å². The lowest BCUT2D eigenvalue weighted by atomic mass is 10.00. The normalized spacial score (nSPS) is 15.9. The van der Waals surface area contributed by atoms with Gasteiger partial charge in [-0.15, -0.1) is 0 Å². The van der Waals surface area contributed by atoms with Crippen molar-refractivity contribution < 1.29 is 29.0 Å². The van der Waals surface area contributed by atoms with E-state index in [0.29, 0.717) is 17.2 Å². The monoisotopic (exact) mass is 506 g/mol. The first-order valence-electron chi connectivity index (χ1n) is 10.5. The van der Waals surface area contributed by atoms with E-state index in [1.54, 1.807) is 6.92 Å². The molecule has 0 saturated carbocycles. The van der Waals surface area contributed by atoms with Gasteiger partial charge in [-0.25, -0.2) is 9.38 Å². The van der Waals surface area contributed by atoms with E-state index in [1.165, 1.54) is 30.6 Å². The summed E-state index contributed by atoms with van der Waals surface area (Å²) >= 11 is 6.02. The molecule has 1 unspecified atom stereocenters. The minimum atomic E-state index is -1.20. The Labute approximate surface area is 204 Å². The van der Waals surface area contributed by atoms with Crippen molar-refractivity contribution in [3.05, 3.63) is 52.3 Å². The van der Waals surface area contributed by atoms with E-state index in [9.17, 15) is 29.0 Å². The summed E-state index contributed by atoms with van der Waals surface area (Å²) in [5, 5.41) is 30.4. The number of aromatic nitrogens is 1. The summed E-state index contributed by atoms with van der Waals surface area (Å²) in [6.45, 7) is 1.27. The van der Waals surface area contributed by atoms with Gasteiger partial charge in [-0.05, 0) is 30.7 Å². The van der Waals surface area contributed by atoms with Crippen LogP contribution >= 0.6 is 11.6 Å². The van der Waals surface area contributed by atoms with Crippen LogP contribution in [-0.2, 0) is 9.59 Å². The highest BCUT2D eigenvalue weighted by Crippen LogP contribution is 2.32. The van der Waals surface area contributed by atoms with E-state index in [-0.39, 0.29) is 35.0 Å². The largest absolute Gasteiger partial charge is 0.507 e. The van der Waals surface area contributed by atoms with Crippen molar-refractivity contribution in [3.8, 4) is 5.75 Å². The predicted molar refractivity (Wildman–Crippen MR) is 126 cm³/mol. The maximum absolute atomic E-state index is 13.2. The molecule has 3 rings (SSSR count). The highest BCUT2D eigenvalue weighted by Gasteiger charge is 2.23. The number of amides is 2. The molecule has 0 aliphatic carbocycles. The number of phenols is 1. The Morgan fingerprint density at radius 3 is 2.74 bits per heavy atom. The second-order valence-corrected chi connectivity index (χ2v) is 8.25. The van der Waals surface area contributed by atoms with Crippen molar-refractivity contribution in [1.82, 2.24) is 20.9 Å². The number of nitrogens with one attached hydrogen (secondary N) is 4. The summed E-state index contributed by atoms with van der Waals surface area (Å²) < 4.78 is 13.2. The van der Waals surface area contributed by atoms with Crippen molar-refractivity contribution in [2.45, 2.75) is 25.6 Å². The van der Waals surface area contributed by atoms with Gasteiger partial charge < -0.3 is 31.5 Å². The molecule has 1 aromatic carbocycles. The SMILES string of the molecule is Cc1cc(Cl)cc([C@@H](CC(=O)O)NC(=O)CNC(=O)c2cncc(NC3=NCC(F)CN3)c2)c1O. The van der Waals surface area contributed by atoms with Gasteiger partial charge in [0.1, 0.15) is 11.9 Å². The molecular weight excluding hydrogens is 483 g/mol. The topological polar surface area (TPSA) is 165 Å². The molecule has 13 heteroatoms. The van der Waals surface area contributed by atoms with Crippen molar-refractivity contribution >= 4 is 41.0 Å². The molecule has 1 aliphatic heterocycles. The third-order valence-corrected chi connectivity index (χ3v) is 5.21. The summed E-state index contributed by atoms with van der Waals surface area (Å²) in [6, 6.07) is 3.29. The lowest BCUT2D eigenvalue weighted by Gasteiger charge is -2.20. The molecule has 0 fully saturated rings. The number of aliphatic imine (C=N–C) groups is 1. The molecule has 2 amide bonds. The summed E-state index contributed by atoms with van der Waals surface area (Å²) in [6.07, 6.45) is 1.17. The number of guanidine groups is 1. The number of benzene rings is 1. The van der Waals surface area contributed by atoms with E-state index in [2.05, 4.69) is 31.2 Å². The number of anilines is 1. The highest BCUT2D eigenvalue weighted by atomic mass is 35.5. The number of nitrogens with zero attached hydrogens (tertiary/aromatic N) is 2. The van der Waals surface area contributed by atoms with Crippen LogP contribution in [0.4, 0.5) is 10.1 Å². The van der Waals surface area contributed by atoms with Crippen LogP contribution in [0, 0.1) is 6.92 Å². The number of pyridine rings is 1. The number of alkyl halides is 1. The average molecular weight is 507 g/mol. The molecule has 186 valence electrons. The van der Waals surface area contributed by atoms with Gasteiger partial charge in [0.15, 0.2) is 5.96 Å². The van der Waals surface area contributed by atoms with Crippen LogP contribution in [-0.4, -0.2) is 64.7 Å². The molecule has 0 spiro atoms. The average Bonchev–Trinajstić information content (AvgIpc) is 2.81. The number of aromatic hydroxyl groups is 1. The van der Waals surface area contributed by atoms with Gasteiger partial charge in [0.25, 0.3) is 5.91 Å². The first-order chi connectivity index (χ1) is 16.6. The summed E-state index contributed by atoms with van der Waals surface area (Å²) in [5.74, 6) is -2.31. The van der Waals surface area contributed by atoms with E-state index in [0.717, 1.165) is 0 Å². The number of phenolic OH excluding ortho intramolecular Hbond substituents is 1. The van der Waals surface area contributed by atoms with Gasteiger partial charge in [-0.1, -0.05) is 11.6 Å². The molecule has 0 bridgehead atoms. The smallest absolute Gasteiger partial charge is 0.305 e. The number of aryl methyl sites for hydroxylation is 1. The number of carboxylic acids is 1. The Balaban J connectivity index is 1.62. The quantitative estimate of drug-likeness (QED) is 0.313. The Morgan fingerprint density at radius 2 is 2.06 bits per heavy atom. The molecular formula is C22H24ClFN6O5. The van der Waals surface area contributed by atoms with E-state index < -0.39 is 43.0 Å². The number of halogens is 2. The number of hydrogen-bond donors (Lipinski definition) is 6. The van der Waals surface area contributed by atoms with Crippen LogP contribution < -0.4 is 21.3 Å². The summed E-state index contributed by atoms with van der Waals surface area (Å²) in [4.78, 5) is 44.3. The molecule has 6 N–H and O–H groups in total. The third-order valence-electron chi connectivity index (χ3n) is 5.00. The van der Waals surface area contributed by atoms with Crippen LogP contribution in [0.3, 0.4) is 0 Å². The van der Waals surface area contributed by atoms with Crippen molar-refractivity contribution in [1.29, 1.82) is 0 Å². The lowest BCUT2D eigenvalue weighted by molar-refractivity contribution is -0.137. The Kier molecular flexibility index (Phi) is 8.42. The van der Waals surface area contributed by atoms with E-state index in [4.69, 9.17) is 11.6 Å². The molecule has 0 radical (unpaired) electrons. The van der Waals surface area contributed by atoms with E-state index >= 15 is 0 Å². The fraction of sp³-hybridized carbons (Fsp3) is 0.318. The molecule has 1 aliphatic rings. The minimum absolute atomic E-state index is 0.0213. The third kappa shape index (κ3) is 7.27. The standard InChI is InChI=1S/C22H24ClFN6O5/c1-11-2-13(23)4-16(20(11)34)17(5-19(32)33)30-18(31)10-26-21(35)12-3-15(9-25-6-12)29-22-27-7-14(24)8-28-22/h2-4,6,9,14,17,34H,5,7-8,10H2,1H3,(H,26,35)(H,30,31)(H,32,33)(H2,27,28,29)/t17-/m1/s1. The second-order valence-electron chi connectivity index (χ2n) is 7.82. The number of carbonyl (C=O) groups is 3.